The zero-order chi connectivity index (χ0) is 11.1. The molecule has 0 spiro atoms. The summed E-state index contributed by atoms with van der Waals surface area (Å²) in [4.78, 5) is 0. The lowest BCUT2D eigenvalue weighted by Crippen LogP contribution is -2.34. The van der Waals surface area contributed by atoms with Gasteiger partial charge in [-0.2, -0.15) is 0 Å². The Morgan fingerprint density at radius 2 is 1.60 bits per heavy atom. The predicted molar refractivity (Wildman–Crippen MR) is 65.1 cm³/mol. The molecule has 1 aromatic rings. The number of benzene rings is 1. The van der Waals surface area contributed by atoms with Crippen LogP contribution in [-0.4, -0.2) is 6.04 Å². The Kier molecular flexibility index (Phi) is 2.59. The first kappa shape index (κ1) is 10.7. The molecule has 0 aliphatic heterocycles. The van der Waals surface area contributed by atoms with Crippen molar-refractivity contribution in [2.24, 2.45) is 5.73 Å². The third kappa shape index (κ3) is 2.23. The summed E-state index contributed by atoms with van der Waals surface area (Å²) in [6.07, 6.45) is 2.32. The molecule has 0 aromatic heterocycles. The summed E-state index contributed by atoms with van der Waals surface area (Å²) < 4.78 is 0. The smallest absolute Gasteiger partial charge is 0.00504 e. The molecule has 1 aliphatic rings. The Hall–Kier alpha value is -0.820. The fourth-order valence-corrected chi connectivity index (χ4v) is 2.19. The van der Waals surface area contributed by atoms with Crippen molar-refractivity contribution >= 4 is 0 Å². The standard InChI is InChI=1S/C14H21N/c1-14(2,3)12-6-4-10(5-7-12)11-8-13(15)9-11/h4-7,11,13H,8-9,15H2,1-3H3. The zero-order valence-corrected chi connectivity index (χ0v) is 9.96. The highest BCUT2D eigenvalue weighted by molar-refractivity contribution is 5.30. The first-order chi connectivity index (χ1) is 6.97. The molecule has 0 heterocycles. The van der Waals surface area contributed by atoms with E-state index in [0.29, 0.717) is 12.0 Å². The summed E-state index contributed by atoms with van der Waals surface area (Å²) in [6, 6.07) is 9.52. The van der Waals surface area contributed by atoms with E-state index in [9.17, 15) is 0 Å². The highest BCUT2D eigenvalue weighted by Gasteiger charge is 2.27. The van der Waals surface area contributed by atoms with Gasteiger partial charge in [0.15, 0.2) is 0 Å². The van der Waals surface area contributed by atoms with Gasteiger partial charge in [0.05, 0.1) is 0 Å². The van der Waals surface area contributed by atoms with Gasteiger partial charge in [-0.15, -0.1) is 0 Å². The first-order valence-corrected chi connectivity index (χ1v) is 5.83. The molecule has 1 aliphatic carbocycles. The highest BCUT2D eigenvalue weighted by Crippen LogP contribution is 2.36. The minimum atomic E-state index is 0.258. The van der Waals surface area contributed by atoms with Crippen molar-refractivity contribution in [1.82, 2.24) is 0 Å². The predicted octanol–water partition coefficient (Wildman–Crippen LogP) is 3.19. The third-order valence-electron chi connectivity index (χ3n) is 3.42. The Morgan fingerprint density at radius 3 is 2.00 bits per heavy atom. The molecule has 2 N–H and O–H groups in total. The van der Waals surface area contributed by atoms with Crippen LogP contribution in [0.25, 0.3) is 0 Å². The SMILES string of the molecule is CC(C)(C)c1ccc(C2CC(N)C2)cc1. The van der Waals surface area contributed by atoms with Crippen LogP contribution in [0.3, 0.4) is 0 Å². The molecule has 0 radical (unpaired) electrons. The summed E-state index contributed by atoms with van der Waals surface area (Å²) in [5, 5.41) is 0. The maximum atomic E-state index is 5.81. The van der Waals surface area contributed by atoms with Crippen molar-refractivity contribution < 1.29 is 0 Å². The summed E-state index contributed by atoms with van der Waals surface area (Å²) >= 11 is 0. The van der Waals surface area contributed by atoms with Crippen LogP contribution in [-0.2, 0) is 5.41 Å². The van der Waals surface area contributed by atoms with Crippen LogP contribution in [0.2, 0.25) is 0 Å². The molecule has 1 saturated carbocycles. The van der Waals surface area contributed by atoms with Crippen LogP contribution in [0.4, 0.5) is 0 Å². The van der Waals surface area contributed by atoms with E-state index in [-0.39, 0.29) is 5.41 Å². The van der Waals surface area contributed by atoms with Gasteiger partial charge in [-0.3, -0.25) is 0 Å². The van der Waals surface area contributed by atoms with Gasteiger partial charge >= 0.3 is 0 Å². The molecular formula is C14H21N. The lowest BCUT2D eigenvalue weighted by Gasteiger charge is -2.33. The Bertz CT molecular complexity index is 325. The van der Waals surface area contributed by atoms with Crippen LogP contribution in [0.5, 0.6) is 0 Å². The van der Waals surface area contributed by atoms with E-state index in [4.69, 9.17) is 5.73 Å². The van der Waals surface area contributed by atoms with E-state index >= 15 is 0 Å². The quantitative estimate of drug-likeness (QED) is 0.745. The molecule has 0 amide bonds. The van der Waals surface area contributed by atoms with Gasteiger partial charge in [0.2, 0.25) is 0 Å². The minimum absolute atomic E-state index is 0.258. The fraction of sp³-hybridized carbons (Fsp3) is 0.571. The Balaban J connectivity index is 2.11. The summed E-state index contributed by atoms with van der Waals surface area (Å²) in [5.41, 5.74) is 8.94. The van der Waals surface area contributed by atoms with Gasteiger partial charge in [0, 0.05) is 6.04 Å². The van der Waals surface area contributed by atoms with E-state index < -0.39 is 0 Å². The maximum absolute atomic E-state index is 5.81. The second-order valence-corrected chi connectivity index (χ2v) is 5.80. The van der Waals surface area contributed by atoms with Crippen molar-refractivity contribution in [2.75, 3.05) is 0 Å². The summed E-state index contributed by atoms with van der Waals surface area (Å²) in [5.74, 6) is 0.717. The molecule has 0 saturated heterocycles. The van der Waals surface area contributed by atoms with Gasteiger partial charge in [-0.1, -0.05) is 45.0 Å². The fourth-order valence-electron chi connectivity index (χ4n) is 2.19. The molecule has 1 fully saturated rings. The van der Waals surface area contributed by atoms with Gasteiger partial charge in [-0.05, 0) is 35.3 Å². The van der Waals surface area contributed by atoms with Gasteiger partial charge in [0.1, 0.15) is 0 Å². The molecule has 82 valence electrons. The lowest BCUT2D eigenvalue weighted by molar-refractivity contribution is 0.351. The van der Waals surface area contributed by atoms with Crippen LogP contribution in [0.15, 0.2) is 24.3 Å². The number of hydrogen-bond acceptors (Lipinski definition) is 1. The van der Waals surface area contributed by atoms with E-state index in [1.54, 1.807) is 0 Å². The van der Waals surface area contributed by atoms with Crippen molar-refractivity contribution in [3.05, 3.63) is 35.4 Å². The van der Waals surface area contributed by atoms with Gasteiger partial charge in [0.25, 0.3) is 0 Å². The molecule has 0 unspecified atom stereocenters. The Morgan fingerprint density at radius 1 is 1.07 bits per heavy atom. The Labute approximate surface area is 92.7 Å². The largest absolute Gasteiger partial charge is 0.328 e. The highest BCUT2D eigenvalue weighted by atomic mass is 14.7. The summed E-state index contributed by atoms with van der Waals surface area (Å²) in [7, 11) is 0. The van der Waals surface area contributed by atoms with E-state index in [2.05, 4.69) is 45.0 Å². The topological polar surface area (TPSA) is 26.0 Å². The normalized spacial score (nSPS) is 26.1. The average Bonchev–Trinajstić information content (AvgIpc) is 2.12. The van der Waals surface area contributed by atoms with E-state index in [1.807, 2.05) is 0 Å². The van der Waals surface area contributed by atoms with Gasteiger partial charge < -0.3 is 5.73 Å². The van der Waals surface area contributed by atoms with Crippen LogP contribution >= 0.6 is 0 Å². The van der Waals surface area contributed by atoms with Crippen LogP contribution in [0.1, 0.15) is 50.7 Å². The molecular weight excluding hydrogens is 182 g/mol. The summed E-state index contributed by atoms with van der Waals surface area (Å²) in [6.45, 7) is 6.75. The van der Waals surface area contributed by atoms with Crippen molar-refractivity contribution in [3.8, 4) is 0 Å². The zero-order valence-electron chi connectivity index (χ0n) is 9.96. The molecule has 1 aromatic carbocycles. The average molecular weight is 203 g/mol. The van der Waals surface area contributed by atoms with Gasteiger partial charge in [-0.25, -0.2) is 0 Å². The first-order valence-electron chi connectivity index (χ1n) is 5.83. The van der Waals surface area contributed by atoms with E-state index in [0.717, 1.165) is 12.8 Å². The third-order valence-corrected chi connectivity index (χ3v) is 3.42. The molecule has 0 atom stereocenters. The molecule has 0 bridgehead atoms. The molecule has 2 rings (SSSR count). The van der Waals surface area contributed by atoms with Crippen molar-refractivity contribution in [2.45, 2.75) is 51.0 Å². The molecule has 1 heteroatoms. The number of rotatable bonds is 1. The van der Waals surface area contributed by atoms with E-state index in [1.165, 1.54) is 11.1 Å². The second-order valence-electron chi connectivity index (χ2n) is 5.80. The second kappa shape index (κ2) is 3.64. The minimum Gasteiger partial charge on any atom is -0.328 e. The molecule has 15 heavy (non-hydrogen) atoms. The van der Waals surface area contributed by atoms with Crippen molar-refractivity contribution in [1.29, 1.82) is 0 Å². The molecule has 1 nitrogen and oxygen atoms in total. The van der Waals surface area contributed by atoms with Crippen molar-refractivity contribution in [3.63, 3.8) is 0 Å². The van der Waals surface area contributed by atoms with Crippen LogP contribution in [0, 0.1) is 0 Å². The maximum Gasteiger partial charge on any atom is 0.00504 e. The monoisotopic (exact) mass is 203 g/mol. The lowest BCUT2D eigenvalue weighted by atomic mass is 9.75. The van der Waals surface area contributed by atoms with Crippen LogP contribution < -0.4 is 5.73 Å². The number of hydrogen-bond donors (Lipinski definition) is 1. The number of nitrogens with two attached hydrogens (primary N) is 1.